The van der Waals surface area contributed by atoms with E-state index in [0.717, 1.165) is 107 Å². The minimum absolute atomic E-state index is 0.0295. The predicted octanol–water partition coefficient (Wildman–Crippen LogP) is 6.62. The Morgan fingerprint density at radius 2 is 1.98 bits per heavy atom. The summed E-state index contributed by atoms with van der Waals surface area (Å²) < 4.78 is 33.7. The van der Waals surface area contributed by atoms with E-state index >= 15 is 0 Å². The number of ether oxygens (including phenoxy) is 3. The maximum Gasteiger partial charge on any atom is 0.150 e. The van der Waals surface area contributed by atoms with Crippen LogP contribution in [0.5, 0.6) is 5.75 Å². The first kappa shape index (κ1) is 41.3. The summed E-state index contributed by atoms with van der Waals surface area (Å²) >= 11 is 6.50. The van der Waals surface area contributed by atoms with Gasteiger partial charge in [0.1, 0.15) is 12.0 Å². The van der Waals surface area contributed by atoms with Gasteiger partial charge in [-0.2, -0.15) is 0 Å². The molecular weight excluding hydrogens is 720 g/mol. The summed E-state index contributed by atoms with van der Waals surface area (Å²) in [4.78, 5) is 19.8. The zero-order chi connectivity index (χ0) is 38.0. The van der Waals surface area contributed by atoms with Crippen LogP contribution in [0.4, 0.5) is 5.69 Å². The average molecular weight is 784 g/mol. The highest BCUT2D eigenvalue weighted by Crippen LogP contribution is 2.44. The number of piperazine rings is 1. The highest BCUT2D eigenvalue weighted by Gasteiger charge is 2.40. The summed E-state index contributed by atoms with van der Waals surface area (Å²) in [7, 11) is 2.38. The fourth-order valence-electron chi connectivity index (χ4n) is 9.29. The molecule has 3 fully saturated rings. The lowest BCUT2D eigenvalue weighted by Gasteiger charge is -2.48. The molecule has 1 saturated carbocycles. The SMILES string of the molecule is CCCc1cc(Cl)ccc1C1COc2ccc(C=O)cc2N(CC2CCC2C(/C=C/CC(C)C(CCOC)S(=O)NC)CN2CCN3CCOCC3C2)C1. The zero-order valence-corrected chi connectivity index (χ0v) is 34.5. The van der Waals surface area contributed by atoms with Crippen LogP contribution < -0.4 is 14.4 Å². The first-order valence-electron chi connectivity index (χ1n) is 20.3. The van der Waals surface area contributed by atoms with Crippen LogP contribution in [-0.4, -0.2) is 118 Å². The molecule has 3 heterocycles. The second kappa shape index (κ2) is 20.2. The molecule has 2 aromatic rings. The van der Waals surface area contributed by atoms with Gasteiger partial charge in [0, 0.05) is 82.1 Å². The van der Waals surface area contributed by atoms with Gasteiger partial charge in [-0.1, -0.05) is 50.1 Å². The van der Waals surface area contributed by atoms with E-state index in [1.54, 1.807) is 14.2 Å². The van der Waals surface area contributed by atoms with Crippen LogP contribution in [0.25, 0.3) is 0 Å². The van der Waals surface area contributed by atoms with Crippen LogP contribution in [0.2, 0.25) is 5.02 Å². The van der Waals surface area contributed by atoms with E-state index < -0.39 is 11.0 Å². The molecule has 54 heavy (non-hydrogen) atoms. The van der Waals surface area contributed by atoms with Gasteiger partial charge >= 0.3 is 0 Å². The molecule has 9 nitrogen and oxygen atoms in total. The van der Waals surface area contributed by atoms with E-state index in [4.69, 9.17) is 25.8 Å². The molecule has 0 radical (unpaired) electrons. The molecule has 2 saturated heterocycles. The maximum atomic E-state index is 12.9. The number of aryl methyl sites for hydroxylation is 1. The van der Waals surface area contributed by atoms with Gasteiger partial charge in [-0.15, -0.1) is 0 Å². The van der Waals surface area contributed by atoms with Crippen LogP contribution in [0.15, 0.2) is 48.6 Å². The summed E-state index contributed by atoms with van der Waals surface area (Å²) in [6.07, 6.45) is 11.9. The molecule has 11 heteroatoms. The van der Waals surface area contributed by atoms with Crippen molar-refractivity contribution in [2.24, 2.45) is 23.7 Å². The van der Waals surface area contributed by atoms with Crippen molar-refractivity contribution in [1.29, 1.82) is 0 Å². The lowest BCUT2D eigenvalue weighted by atomic mass is 9.66. The standard InChI is InChI=1S/C43H63ClN4O5S/c1-5-7-33-23-37(44)12-14-39(33)36-26-48(41-22-32(28-49)10-15-42(41)53-29-36)25-35-11-13-40(35)34(24-46-17-18-47-19-21-52-30-38(47)27-46)9-6-8-31(2)43(16-20-51-4)54(50)45-3/h6,9-10,12,14-15,22-23,28,31,34-36,38,40,43,45H,5,7-8,11,13,16-21,24-27,29-30H2,1-4H3/b9-6+. The molecular formula is C43H63ClN4O5S. The minimum atomic E-state index is -1.11. The highest BCUT2D eigenvalue weighted by molar-refractivity contribution is 7.83. The Labute approximate surface area is 331 Å². The van der Waals surface area contributed by atoms with Crippen LogP contribution in [0, 0.1) is 23.7 Å². The number of methoxy groups -OCH3 is 1. The number of fused-ring (bicyclic) bond motifs is 2. The van der Waals surface area contributed by atoms with Crippen molar-refractivity contribution in [2.75, 3.05) is 91.3 Å². The number of anilines is 1. The van der Waals surface area contributed by atoms with Crippen molar-refractivity contribution < 1.29 is 23.2 Å². The minimum Gasteiger partial charge on any atom is -0.491 e. The van der Waals surface area contributed by atoms with Crippen molar-refractivity contribution in [1.82, 2.24) is 14.5 Å². The van der Waals surface area contributed by atoms with Gasteiger partial charge in [0.2, 0.25) is 0 Å². The Kier molecular flexibility index (Phi) is 15.5. The third kappa shape index (κ3) is 10.3. The van der Waals surface area contributed by atoms with E-state index in [1.165, 1.54) is 24.0 Å². The summed E-state index contributed by atoms with van der Waals surface area (Å²) in [6.45, 7) is 14.3. The number of carbonyl (C=O) groups is 1. The summed E-state index contributed by atoms with van der Waals surface area (Å²) in [6, 6.07) is 12.7. The van der Waals surface area contributed by atoms with Crippen molar-refractivity contribution in [2.45, 2.75) is 69.6 Å². The van der Waals surface area contributed by atoms with E-state index in [0.29, 0.717) is 42.6 Å². The molecule has 1 N–H and O–H groups in total. The molecule has 8 unspecified atom stereocenters. The molecule has 2 aromatic carbocycles. The number of rotatable bonds is 18. The lowest BCUT2D eigenvalue weighted by molar-refractivity contribution is -0.0492. The van der Waals surface area contributed by atoms with Crippen molar-refractivity contribution >= 4 is 34.6 Å². The average Bonchev–Trinajstić information content (AvgIpc) is 3.35. The molecule has 0 spiro atoms. The number of hydrogen-bond donors (Lipinski definition) is 1. The molecule has 6 rings (SSSR count). The number of nitrogens with zero attached hydrogens (tertiary/aromatic N) is 3. The Bertz CT molecular complexity index is 1580. The fourth-order valence-corrected chi connectivity index (χ4v) is 10.6. The summed E-state index contributed by atoms with van der Waals surface area (Å²) in [5.74, 6) is 2.74. The number of nitrogens with one attached hydrogen (secondary N) is 1. The van der Waals surface area contributed by atoms with Gasteiger partial charge in [-0.3, -0.25) is 14.6 Å². The second-order valence-electron chi connectivity index (χ2n) is 16.0. The molecule has 8 atom stereocenters. The monoisotopic (exact) mass is 782 g/mol. The Morgan fingerprint density at radius 1 is 1.11 bits per heavy atom. The summed E-state index contributed by atoms with van der Waals surface area (Å²) in [5.41, 5.74) is 4.30. The number of benzene rings is 2. The largest absolute Gasteiger partial charge is 0.491 e. The van der Waals surface area contributed by atoms with Crippen LogP contribution in [-0.2, 0) is 26.9 Å². The second-order valence-corrected chi connectivity index (χ2v) is 18.0. The van der Waals surface area contributed by atoms with Gasteiger partial charge in [-0.25, -0.2) is 8.93 Å². The van der Waals surface area contributed by atoms with Crippen molar-refractivity contribution in [3.05, 3.63) is 70.3 Å². The third-order valence-electron chi connectivity index (χ3n) is 12.5. The molecule has 0 aromatic heterocycles. The number of morpholine rings is 1. The van der Waals surface area contributed by atoms with Gasteiger partial charge in [-0.05, 0) is 104 Å². The Hall–Kier alpha value is -2.31. The predicted molar refractivity (Wildman–Crippen MR) is 220 cm³/mol. The molecule has 1 aliphatic carbocycles. The normalized spacial score (nSPS) is 25.8. The molecule has 298 valence electrons. The number of carbonyl (C=O) groups excluding carboxylic acids is 1. The van der Waals surface area contributed by atoms with Gasteiger partial charge < -0.3 is 19.1 Å². The molecule has 3 aliphatic heterocycles. The lowest BCUT2D eigenvalue weighted by Crippen LogP contribution is -2.59. The Morgan fingerprint density at radius 3 is 2.74 bits per heavy atom. The first-order valence-corrected chi connectivity index (χ1v) is 21.9. The number of halogens is 1. The molecule has 0 bridgehead atoms. The van der Waals surface area contributed by atoms with Crippen LogP contribution in [0.1, 0.15) is 73.4 Å². The van der Waals surface area contributed by atoms with E-state index in [9.17, 15) is 9.00 Å². The smallest absolute Gasteiger partial charge is 0.150 e. The molecule has 4 aliphatic rings. The maximum absolute atomic E-state index is 12.9. The van der Waals surface area contributed by atoms with E-state index in [2.05, 4.69) is 57.6 Å². The van der Waals surface area contributed by atoms with Gasteiger partial charge in [0.15, 0.2) is 0 Å². The molecule has 0 amide bonds. The zero-order valence-electron chi connectivity index (χ0n) is 32.9. The van der Waals surface area contributed by atoms with Crippen molar-refractivity contribution in [3.63, 3.8) is 0 Å². The number of hydrogen-bond acceptors (Lipinski definition) is 8. The highest BCUT2D eigenvalue weighted by atomic mass is 35.5. The van der Waals surface area contributed by atoms with Crippen LogP contribution in [0.3, 0.4) is 0 Å². The number of allylic oxidation sites excluding steroid dienone is 1. The van der Waals surface area contributed by atoms with Crippen LogP contribution >= 0.6 is 11.6 Å². The van der Waals surface area contributed by atoms with Gasteiger partial charge in [0.25, 0.3) is 0 Å². The Balaban J connectivity index is 1.23. The quantitative estimate of drug-likeness (QED) is 0.134. The van der Waals surface area contributed by atoms with E-state index in [1.807, 2.05) is 24.3 Å². The third-order valence-corrected chi connectivity index (χ3v) is 14.4. The summed E-state index contributed by atoms with van der Waals surface area (Å²) in [5, 5.41) is 0.804. The fraction of sp³-hybridized carbons (Fsp3) is 0.651. The van der Waals surface area contributed by atoms with Crippen molar-refractivity contribution in [3.8, 4) is 5.75 Å². The van der Waals surface area contributed by atoms with Gasteiger partial charge in [0.05, 0.1) is 41.7 Å². The number of aldehydes is 1. The van der Waals surface area contributed by atoms with E-state index in [-0.39, 0.29) is 17.1 Å². The topological polar surface area (TPSA) is 83.6 Å². The first-order chi connectivity index (χ1) is 26.3.